The van der Waals surface area contributed by atoms with E-state index in [4.69, 9.17) is 5.11 Å². The minimum absolute atomic E-state index is 0.0734. The fourth-order valence-corrected chi connectivity index (χ4v) is 2.23. The number of non-ortho nitro benzene ring substituents is 1. The molecule has 21 heavy (non-hydrogen) atoms. The normalized spacial score (nSPS) is 14.0. The van der Waals surface area contributed by atoms with Crippen LogP contribution in [0.5, 0.6) is 0 Å². The highest BCUT2D eigenvalue weighted by molar-refractivity contribution is 5.95. The molecular weight excluding hydrogens is 278 g/mol. The number of carbonyl (C=O) groups is 2. The SMILES string of the molecule is O=C(O)c1ccc([N+](=O)[O-])cc1NCC(=O)N1CCCC1. The maximum atomic E-state index is 11.9. The Morgan fingerprint density at radius 2 is 2.00 bits per heavy atom. The maximum Gasteiger partial charge on any atom is 0.337 e. The van der Waals surface area contributed by atoms with Gasteiger partial charge in [0.2, 0.25) is 5.91 Å². The van der Waals surface area contributed by atoms with E-state index in [-0.39, 0.29) is 29.4 Å². The third kappa shape index (κ3) is 3.47. The van der Waals surface area contributed by atoms with E-state index in [2.05, 4.69) is 5.32 Å². The minimum atomic E-state index is -1.21. The molecule has 0 radical (unpaired) electrons. The average molecular weight is 293 g/mol. The number of amides is 1. The Bertz CT molecular complexity index is 581. The number of aromatic carboxylic acids is 1. The Kier molecular flexibility index (Phi) is 4.36. The Morgan fingerprint density at radius 1 is 1.33 bits per heavy atom. The summed E-state index contributed by atoms with van der Waals surface area (Å²) in [5, 5.41) is 22.5. The van der Waals surface area contributed by atoms with Crippen LogP contribution in [-0.4, -0.2) is 46.4 Å². The highest BCUT2D eigenvalue weighted by Crippen LogP contribution is 2.22. The number of nitro benzene ring substituents is 1. The van der Waals surface area contributed by atoms with Gasteiger partial charge in [-0.3, -0.25) is 14.9 Å². The fraction of sp³-hybridized carbons (Fsp3) is 0.385. The van der Waals surface area contributed by atoms with E-state index in [1.165, 1.54) is 0 Å². The van der Waals surface area contributed by atoms with E-state index in [0.29, 0.717) is 13.1 Å². The average Bonchev–Trinajstić information content (AvgIpc) is 2.98. The van der Waals surface area contributed by atoms with Gasteiger partial charge < -0.3 is 15.3 Å². The maximum absolute atomic E-state index is 11.9. The molecule has 2 rings (SSSR count). The van der Waals surface area contributed by atoms with Gasteiger partial charge in [-0.1, -0.05) is 0 Å². The van der Waals surface area contributed by atoms with Crippen molar-refractivity contribution in [3.05, 3.63) is 33.9 Å². The summed E-state index contributed by atoms with van der Waals surface area (Å²) in [5.74, 6) is -1.35. The molecule has 0 atom stereocenters. The first-order chi connectivity index (χ1) is 9.99. The number of rotatable bonds is 5. The number of nitro groups is 1. The summed E-state index contributed by atoms with van der Waals surface area (Å²) < 4.78 is 0. The summed E-state index contributed by atoms with van der Waals surface area (Å²) in [6, 6.07) is 3.40. The van der Waals surface area contributed by atoms with Crippen LogP contribution in [0.15, 0.2) is 18.2 Å². The molecule has 0 unspecified atom stereocenters. The van der Waals surface area contributed by atoms with E-state index in [9.17, 15) is 19.7 Å². The van der Waals surface area contributed by atoms with Crippen molar-refractivity contribution < 1.29 is 19.6 Å². The standard InChI is InChI=1S/C13H15N3O5/c17-12(15-5-1-2-6-15)8-14-11-7-9(16(20)21)3-4-10(11)13(18)19/h3-4,7,14H,1-2,5-6,8H2,(H,18,19). The van der Waals surface area contributed by atoms with Crippen molar-refractivity contribution in [1.29, 1.82) is 0 Å². The third-order valence-electron chi connectivity index (χ3n) is 3.33. The van der Waals surface area contributed by atoms with Gasteiger partial charge in [0.05, 0.1) is 22.7 Å². The smallest absolute Gasteiger partial charge is 0.337 e. The van der Waals surface area contributed by atoms with Crippen molar-refractivity contribution in [3.8, 4) is 0 Å². The lowest BCUT2D eigenvalue weighted by atomic mass is 10.1. The second kappa shape index (κ2) is 6.21. The molecule has 0 spiro atoms. The van der Waals surface area contributed by atoms with Gasteiger partial charge in [0.15, 0.2) is 0 Å². The van der Waals surface area contributed by atoms with E-state index in [0.717, 1.165) is 31.0 Å². The largest absolute Gasteiger partial charge is 0.478 e. The highest BCUT2D eigenvalue weighted by Gasteiger charge is 2.19. The van der Waals surface area contributed by atoms with Gasteiger partial charge in [-0.2, -0.15) is 0 Å². The number of nitrogens with one attached hydrogen (secondary N) is 1. The van der Waals surface area contributed by atoms with Crippen LogP contribution in [0, 0.1) is 10.1 Å². The lowest BCUT2D eigenvalue weighted by Crippen LogP contribution is -2.33. The monoisotopic (exact) mass is 293 g/mol. The quantitative estimate of drug-likeness (QED) is 0.625. The molecule has 1 saturated heterocycles. The Hall–Kier alpha value is -2.64. The van der Waals surface area contributed by atoms with E-state index < -0.39 is 10.9 Å². The van der Waals surface area contributed by atoms with Crippen LogP contribution in [0.4, 0.5) is 11.4 Å². The minimum Gasteiger partial charge on any atom is -0.478 e. The van der Waals surface area contributed by atoms with E-state index >= 15 is 0 Å². The number of hydrogen-bond donors (Lipinski definition) is 2. The van der Waals surface area contributed by atoms with Crippen molar-refractivity contribution in [1.82, 2.24) is 4.90 Å². The van der Waals surface area contributed by atoms with Crippen molar-refractivity contribution in [2.75, 3.05) is 25.0 Å². The molecule has 2 N–H and O–H groups in total. The molecule has 0 bridgehead atoms. The van der Waals surface area contributed by atoms with Gasteiger partial charge in [-0.15, -0.1) is 0 Å². The van der Waals surface area contributed by atoms with Gasteiger partial charge in [-0.25, -0.2) is 4.79 Å². The molecule has 1 amide bonds. The summed E-state index contributed by atoms with van der Waals surface area (Å²) in [7, 11) is 0. The van der Waals surface area contributed by atoms with Crippen molar-refractivity contribution in [2.24, 2.45) is 0 Å². The molecule has 0 aliphatic carbocycles. The zero-order valence-corrected chi connectivity index (χ0v) is 11.2. The molecule has 112 valence electrons. The topological polar surface area (TPSA) is 113 Å². The lowest BCUT2D eigenvalue weighted by molar-refractivity contribution is -0.384. The number of benzene rings is 1. The van der Waals surface area contributed by atoms with Gasteiger partial charge in [0.1, 0.15) is 0 Å². The lowest BCUT2D eigenvalue weighted by Gasteiger charge is -2.16. The van der Waals surface area contributed by atoms with Crippen molar-refractivity contribution in [2.45, 2.75) is 12.8 Å². The summed E-state index contributed by atoms with van der Waals surface area (Å²) >= 11 is 0. The molecule has 0 saturated carbocycles. The molecule has 1 aliphatic heterocycles. The first-order valence-electron chi connectivity index (χ1n) is 6.52. The molecule has 8 nitrogen and oxygen atoms in total. The summed E-state index contributed by atoms with van der Waals surface area (Å²) in [6.07, 6.45) is 1.92. The second-order valence-corrected chi connectivity index (χ2v) is 4.73. The Labute approximate surface area is 120 Å². The van der Waals surface area contributed by atoms with Gasteiger partial charge in [0.25, 0.3) is 5.69 Å². The van der Waals surface area contributed by atoms with Crippen LogP contribution in [0.3, 0.4) is 0 Å². The number of carbonyl (C=O) groups excluding carboxylic acids is 1. The highest BCUT2D eigenvalue weighted by atomic mass is 16.6. The summed E-state index contributed by atoms with van der Waals surface area (Å²) in [4.78, 5) is 34.8. The van der Waals surface area contributed by atoms with E-state index in [1.54, 1.807) is 4.90 Å². The van der Waals surface area contributed by atoms with E-state index in [1.807, 2.05) is 0 Å². The number of carboxylic acid groups (broad SMARTS) is 1. The summed E-state index contributed by atoms with van der Waals surface area (Å²) in [5.41, 5.74) is -0.254. The van der Waals surface area contributed by atoms with Crippen molar-refractivity contribution >= 4 is 23.3 Å². The third-order valence-corrected chi connectivity index (χ3v) is 3.33. The number of likely N-dealkylation sites (tertiary alicyclic amines) is 1. The molecular formula is C13H15N3O5. The molecule has 1 aromatic rings. The van der Waals surface area contributed by atoms with Gasteiger partial charge in [-0.05, 0) is 18.9 Å². The molecule has 1 fully saturated rings. The van der Waals surface area contributed by atoms with Crippen molar-refractivity contribution in [3.63, 3.8) is 0 Å². The summed E-state index contributed by atoms with van der Waals surface area (Å²) in [6.45, 7) is 1.31. The number of anilines is 1. The Balaban J connectivity index is 2.12. The number of carboxylic acids is 1. The van der Waals surface area contributed by atoms with Crippen LogP contribution in [0.25, 0.3) is 0 Å². The van der Waals surface area contributed by atoms with Crippen LogP contribution in [0.1, 0.15) is 23.2 Å². The number of hydrogen-bond acceptors (Lipinski definition) is 5. The van der Waals surface area contributed by atoms with Crippen LogP contribution >= 0.6 is 0 Å². The predicted octanol–water partition coefficient (Wildman–Crippen LogP) is 1.33. The second-order valence-electron chi connectivity index (χ2n) is 4.73. The molecule has 1 aromatic carbocycles. The molecule has 0 aromatic heterocycles. The van der Waals surface area contributed by atoms with Crippen LogP contribution in [0.2, 0.25) is 0 Å². The molecule has 8 heteroatoms. The fourth-order valence-electron chi connectivity index (χ4n) is 2.23. The first kappa shape index (κ1) is 14.8. The zero-order chi connectivity index (χ0) is 15.4. The molecule has 1 heterocycles. The first-order valence-corrected chi connectivity index (χ1v) is 6.52. The molecule has 1 aliphatic rings. The predicted molar refractivity (Wildman–Crippen MR) is 74.4 cm³/mol. The number of nitrogens with zero attached hydrogens (tertiary/aromatic N) is 2. The van der Waals surface area contributed by atoms with Crippen LogP contribution < -0.4 is 5.32 Å². The Morgan fingerprint density at radius 3 is 2.57 bits per heavy atom. The zero-order valence-electron chi connectivity index (χ0n) is 11.2. The van der Waals surface area contributed by atoms with Crippen LogP contribution in [-0.2, 0) is 4.79 Å². The van der Waals surface area contributed by atoms with Gasteiger partial charge >= 0.3 is 5.97 Å². The van der Waals surface area contributed by atoms with Gasteiger partial charge in [0, 0.05) is 25.2 Å².